The Kier molecular flexibility index (Phi) is 7.03. The average Bonchev–Trinajstić information content (AvgIpc) is 2.87. The molecular weight excluding hydrogens is 326 g/mol. The summed E-state index contributed by atoms with van der Waals surface area (Å²) in [6.07, 6.45) is 7.40. The van der Waals surface area contributed by atoms with Gasteiger partial charge in [0.05, 0.1) is 18.7 Å². The van der Waals surface area contributed by atoms with E-state index in [4.69, 9.17) is 10.00 Å². The van der Waals surface area contributed by atoms with Gasteiger partial charge in [-0.25, -0.2) is 13.1 Å². The zero-order valence-electron chi connectivity index (χ0n) is 14.0. The van der Waals surface area contributed by atoms with Gasteiger partial charge in [-0.05, 0) is 31.0 Å². The summed E-state index contributed by atoms with van der Waals surface area (Å²) < 4.78 is 32.5. The van der Waals surface area contributed by atoms with E-state index >= 15 is 0 Å². The highest BCUT2D eigenvalue weighted by atomic mass is 32.2. The van der Waals surface area contributed by atoms with Gasteiger partial charge in [0, 0.05) is 19.1 Å². The zero-order chi connectivity index (χ0) is 17.4. The van der Waals surface area contributed by atoms with Crippen molar-refractivity contribution in [3.05, 3.63) is 23.8 Å². The monoisotopic (exact) mass is 351 g/mol. The number of benzene rings is 1. The lowest BCUT2D eigenvalue weighted by molar-refractivity contribution is 0.402. The van der Waals surface area contributed by atoms with Crippen LogP contribution in [0.15, 0.2) is 23.1 Å². The maximum Gasteiger partial charge on any atom is 0.244 e. The Morgan fingerprint density at radius 3 is 2.54 bits per heavy atom. The molecular formula is C17H25N3O3S. The molecule has 1 aromatic rings. The summed E-state index contributed by atoms with van der Waals surface area (Å²) in [4.78, 5) is 0.0541. The Morgan fingerprint density at radius 2 is 1.92 bits per heavy atom. The Bertz CT molecular complexity index is 675. The fourth-order valence-electron chi connectivity index (χ4n) is 2.98. The van der Waals surface area contributed by atoms with Crippen molar-refractivity contribution in [2.24, 2.45) is 0 Å². The Morgan fingerprint density at radius 1 is 1.21 bits per heavy atom. The normalized spacial score (nSPS) is 16.3. The van der Waals surface area contributed by atoms with Gasteiger partial charge in [-0.3, -0.25) is 0 Å². The number of hydrogen-bond acceptors (Lipinski definition) is 5. The highest BCUT2D eigenvalue weighted by Crippen LogP contribution is 2.24. The van der Waals surface area contributed by atoms with Gasteiger partial charge in [-0.1, -0.05) is 25.7 Å². The van der Waals surface area contributed by atoms with E-state index in [1.165, 1.54) is 51.0 Å². The van der Waals surface area contributed by atoms with Crippen molar-refractivity contribution in [1.82, 2.24) is 10.0 Å². The molecule has 1 aliphatic carbocycles. The summed E-state index contributed by atoms with van der Waals surface area (Å²) in [5.74, 6) is 0.179. The van der Waals surface area contributed by atoms with Crippen LogP contribution in [0, 0.1) is 11.3 Å². The van der Waals surface area contributed by atoms with Crippen LogP contribution in [0.2, 0.25) is 0 Å². The molecule has 0 heterocycles. The minimum absolute atomic E-state index is 0.0541. The average molecular weight is 351 g/mol. The summed E-state index contributed by atoms with van der Waals surface area (Å²) in [6, 6.07) is 6.76. The molecule has 0 saturated heterocycles. The molecule has 2 N–H and O–H groups in total. The van der Waals surface area contributed by atoms with Crippen molar-refractivity contribution in [1.29, 1.82) is 5.26 Å². The van der Waals surface area contributed by atoms with Crippen LogP contribution < -0.4 is 14.8 Å². The molecule has 0 atom stereocenters. The van der Waals surface area contributed by atoms with Gasteiger partial charge in [0.15, 0.2) is 0 Å². The predicted molar refractivity (Wildman–Crippen MR) is 92.4 cm³/mol. The van der Waals surface area contributed by atoms with Crippen LogP contribution in [0.5, 0.6) is 5.75 Å². The van der Waals surface area contributed by atoms with Crippen molar-refractivity contribution in [2.75, 3.05) is 20.2 Å². The fourth-order valence-corrected chi connectivity index (χ4v) is 4.16. The first-order chi connectivity index (χ1) is 11.6. The number of nitrogens with one attached hydrogen (secondary N) is 2. The predicted octanol–water partition coefficient (Wildman–Crippen LogP) is 2.16. The summed E-state index contributed by atoms with van der Waals surface area (Å²) in [6.45, 7) is 0.921. The van der Waals surface area contributed by atoms with Crippen LogP contribution in [0.4, 0.5) is 0 Å². The number of hydrogen-bond donors (Lipinski definition) is 2. The van der Waals surface area contributed by atoms with Crippen LogP contribution in [0.3, 0.4) is 0 Å². The van der Waals surface area contributed by atoms with Crippen molar-refractivity contribution >= 4 is 10.0 Å². The second-order valence-electron chi connectivity index (χ2n) is 6.02. The van der Waals surface area contributed by atoms with Gasteiger partial charge >= 0.3 is 0 Å². The number of nitrogens with zero attached hydrogens (tertiary/aromatic N) is 1. The minimum Gasteiger partial charge on any atom is -0.495 e. The van der Waals surface area contributed by atoms with Gasteiger partial charge < -0.3 is 10.1 Å². The van der Waals surface area contributed by atoms with Crippen molar-refractivity contribution < 1.29 is 13.2 Å². The molecule has 24 heavy (non-hydrogen) atoms. The number of sulfonamides is 1. The molecule has 1 fully saturated rings. The van der Waals surface area contributed by atoms with E-state index in [-0.39, 0.29) is 10.6 Å². The van der Waals surface area contributed by atoms with Crippen LogP contribution in [0.25, 0.3) is 0 Å². The molecule has 1 aliphatic rings. The first-order valence-corrected chi connectivity index (χ1v) is 9.86. The lowest BCUT2D eigenvalue weighted by Gasteiger charge is -2.16. The quantitative estimate of drug-likeness (QED) is 0.580. The standard InChI is InChI=1S/C17H25N3O3S/c1-23-16-12-14(13-18)8-9-17(16)24(21,22)20-11-10-19-15-6-4-2-3-5-7-15/h8-9,12,15,19-20H,2-7,10-11H2,1H3. The van der Waals surface area contributed by atoms with E-state index in [2.05, 4.69) is 10.0 Å². The molecule has 6 nitrogen and oxygen atoms in total. The number of nitriles is 1. The molecule has 2 rings (SSSR count). The van der Waals surface area contributed by atoms with E-state index < -0.39 is 10.0 Å². The molecule has 0 bridgehead atoms. The topological polar surface area (TPSA) is 91.2 Å². The SMILES string of the molecule is COc1cc(C#N)ccc1S(=O)(=O)NCCNC1CCCCCC1. The summed E-state index contributed by atoms with van der Waals surface area (Å²) in [5.41, 5.74) is 0.362. The van der Waals surface area contributed by atoms with Crippen LogP contribution in [-0.2, 0) is 10.0 Å². The molecule has 0 radical (unpaired) electrons. The van der Waals surface area contributed by atoms with Crippen molar-refractivity contribution in [2.45, 2.75) is 49.5 Å². The summed E-state index contributed by atoms with van der Waals surface area (Å²) >= 11 is 0. The maximum absolute atomic E-state index is 12.4. The Hall–Kier alpha value is -1.62. The second kappa shape index (κ2) is 9.02. The molecule has 0 amide bonds. The molecule has 0 aromatic heterocycles. The lowest BCUT2D eigenvalue weighted by atomic mass is 10.1. The molecule has 0 unspecified atom stereocenters. The third-order valence-corrected chi connectivity index (χ3v) is 5.79. The molecule has 0 spiro atoms. The van der Waals surface area contributed by atoms with E-state index in [9.17, 15) is 8.42 Å². The third kappa shape index (κ3) is 5.20. The smallest absolute Gasteiger partial charge is 0.244 e. The molecule has 7 heteroatoms. The van der Waals surface area contributed by atoms with Gasteiger partial charge in [0.1, 0.15) is 10.6 Å². The van der Waals surface area contributed by atoms with Crippen LogP contribution in [0.1, 0.15) is 44.1 Å². The Labute approximate surface area is 144 Å². The lowest BCUT2D eigenvalue weighted by Crippen LogP contribution is -2.36. The van der Waals surface area contributed by atoms with Crippen molar-refractivity contribution in [3.63, 3.8) is 0 Å². The van der Waals surface area contributed by atoms with Gasteiger partial charge in [-0.15, -0.1) is 0 Å². The third-order valence-electron chi connectivity index (χ3n) is 4.29. The van der Waals surface area contributed by atoms with Crippen LogP contribution >= 0.6 is 0 Å². The zero-order valence-corrected chi connectivity index (χ0v) is 14.9. The largest absolute Gasteiger partial charge is 0.495 e. The first kappa shape index (κ1) is 18.7. The van der Waals surface area contributed by atoms with E-state index in [1.54, 1.807) is 0 Å². The number of rotatable bonds is 7. The maximum atomic E-state index is 12.4. The van der Waals surface area contributed by atoms with E-state index in [0.717, 1.165) is 12.8 Å². The first-order valence-electron chi connectivity index (χ1n) is 8.38. The van der Waals surface area contributed by atoms with E-state index in [1.807, 2.05) is 6.07 Å². The number of ether oxygens (including phenoxy) is 1. The van der Waals surface area contributed by atoms with Gasteiger partial charge in [-0.2, -0.15) is 5.26 Å². The second-order valence-corrected chi connectivity index (χ2v) is 7.75. The summed E-state index contributed by atoms with van der Waals surface area (Å²) in [5, 5.41) is 12.3. The number of methoxy groups -OCH3 is 1. The van der Waals surface area contributed by atoms with Crippen LogP contribution in [-0.4, -0.2) is 34.7 Å². The van der Waals surface area contributed by atoms with E-state index in [0.29, 0.717) is 24.7 Å². The molecule has 1 saturated carbocycles. The van der Waals surface area contributed by atoms with Gasteiger partial charge in [0.2, 0.25) is 10.0 Å². The summed E-state index contributed by atoms with van der Waals surface area (Å²) in [7, 11) is -2.27. The highest BCUT2D eigenvalue weighted by molar-refractivity contribution is 7.89. The highest BCUT2D eigenvalue weighted by Gasteiger charge is 2.19. The fraction of sp³-hybridized carbons (Fsp3) is 0.588. The molecule has 1 aromatic carbocycles. The Balaban J connectivity index is 1.90. The molecule has 0 aliphatic heterocycles. The minimum atomic E-state index is -3.66. The van der Waals surface area contributed by atoms with Crippen molar-refractivity contribution in [3.8, 4) is 11.8 Å². The molecule has 132 valence electrons. The van der Waals surface area contributed by atoms with Gasteiger partial charge in [0.25, 0.3) is 0 Å².